The summed E-state index contributed by atoms with van der Waals surface area (Å²) in [4.78, 5) is 12.3. The lowest BCUT2D eigenvalue weighted by atomic mass is 10.1. The van der Waals surface area contributed by atoms with Gasteiger partial charge in [0.25, 0.3) is 5.91 Å². The van der Waals surface area contributed by atoms with E-state index in [4.69, 9.17) is 0 Å². The van der Waals surface area contributed by atoms with Crippen LogP contribution in [0.5, 0.6) is 0 Å². The van der Waals surface area contributed by atoms with Crippen LogP contribution in [0.1, 0.15) is 21.7 Å². The van der Waals surface area contributed by atoms with E-state index in [2.05, 4.69) is 20.8 Å². The second-order valence-corrected chi connectivity index (χ2v) is 5.32. The number of aromatic nitrogens is 4. The third-order valence-corrected chi connectivity index (χ3v) is 3.57. The van der Waals surface area contributed by atoms with Crippen LogP contribution in [-0.2, 0) is 6.42 Å². The summed E-state index contributed by atoms with van der Waals surface area (Å²) in [6.07, 6.45) is 0.565. The van der Waals surface area contributed by atoms with Crippen LogP contribution in [0.25, 0.3) is 5.69 Å². The molecule has 0 bridgehead atoms. The quantitative estimate of drug-likeness (QED) is 0.779. The fraction of sp³-hybridized carbons (Fsp3) is 0.176. The van der Waals surface area contributed by atoms with Crippen molar-refractivity contribution in [1.82, 2.24) is 25.5 Å². The molecule has 3 rings (SSSR count). The number of rotatable bonds is 5. The molecule has 0 fully saturated rings. The van der Waals surface area contributed by atoms with Crippen LogP contribution in [0, 0.1) is 12.7 Å². The minimum Gasteiger partial charge on any atom is -0.352 e. The fourth-order valence-corrected chi connectivity index (χ4v) is 2.36. The molecule has 0 saturated heterocycles. The molecule has 3 aromatic rings. The van der Waals surface area contributed by atoms with Crippen LogP contribution in [-0.4, -0.2) is 32.7 Å². The van der Waals surface area contributed by atoms with E-state index in [1.165, 1.54) is 12.1 Å². The Morgan fingerprint density at radius 2 is 2.04 bits per heavy atom. The highest BCUT2D eigenvalue weighted by molar-refractivity contribution is 5.94. The normalized spacial score (nSPS) is 10.6. The lowest BCUT2D eigenvalue weighted by Crippen LogP contribution is -2.25. The van der Waals surface area contributed by atoms with Crippen LogP contribution in [0.2, 0.25) is 0 Å². The van der Waals surface area contributed by atoms with Crippen LogP contribution in [0.4, 0.5) is 4.39 Å². The lowest BCUT2D eigenvalue weighted by molar-refractivity contribution is 0.0954. The van der Waals surface area contributed by atoms with E-state index < -0.39 is 0 Å². The Labute approximate surface area is 138 Å². The van der Waals surface area contributed by atoms with E-state index in [1.807, 2.05) is 12.1 Å². The van der Waals surface area contributed by atoms with Crippen LogP contribution in [0.15, 0.2) is 48.5 Å². The van der Waals surface area contributed by atoms with Crippen LogP contribution >= 0.6 is 0 Å². The van der Waals surface area contributed by atoms with Crippen LogP contribution < -0.4 is 5.32 Å². The topological polar surface area (TPSA) is 72.7 Å². The molecule has 0 aliphatic rings. The molecule has 1 amide bonds. The molecule has 0 spiro atoms. The summed E-state index contributed by atoms with van der Waals surface area (Å²) >= 11 is 0. The number of carbonyl (C=O) groups excluding carboxylic acids is 1. The van der Waals surface area contributed by atoms with Crippen molar-refractivity contribution < 1.29 is 9.18 Å². The van der Waals surface area contributed by atoms with Crippen LogP contribution in [0.3, 0.4) is 0 Å². The first kappa shape index (κ1) is 15.8. The summed E-state index contributed by atoms with van der Waals surface area (Å²) < 4.78 is 14.7. The maximum absolute atomic E-state index is 13.1. The number of benzene rings is 2. The lowest BCUT2D eigenvalue weighted by Gasteiger charge is -2.07. The number of carbonyl (C=O) groups is 1. The summed E-state index contributed by atoms with van der Waals surface area (Å²) in [6, 6.07) is 13.4. The van der Waals surface area contributed by atoms with E-state index >= 15 is 0 Å². The highest BCUT2D eigenvalue weighted by Gasteiger charge is 2.09. The van der Waals surface area contributed by atoms with Gasteiger partial charge in [-0.05, 0) is 59.7 Å². The molecule has 1 heterocycles. The van der Waals surface area contributed by atoms with E-state index in [0.29, 0.717) is 24.4 Å². The minimum absolute atomic E-state index is 0.195. The Balaban J connectivity index is 1.64. The van der Waals surface area contributed by atoms with Gasteiger partial charge in [0.15, 0.2) is 5.82 Å². The predicted molar refractivity (Wildman–Crippen MR) is 86.3 cm³/mol. The van der Waals surface area contributed by atoms with Gasteiger partial charge in [-0.3, -0.25) is 4.79 Å². The zero-order valence-electron chi connectivity index (χ0n) is 13.1. The summed E-state index contributed by atoms with van der Waals surface area (Å²) in [5.74, 6) is 0.168. The monoisotopic (exact) mass is 325 g/mol. The molecule has 0 aliphatic carbocycles. The number of aryl methyl sites for hydroxylation is 1. The molecule has 0 unspecified atom stereocenters. The summed E-state index contributed by atoms with van der Waals surface area (Å²) in [7, 11) is 0. The summed E-state index contributed by atoms with van der Waals surface area (Å²) in [5, 5.41) is 14.1. The van der Waals surface area contributed by atoms with Gasteiger partial charge in [0.1, 0.15) is 5.82 Å². The Morgan fingerprint density at radius 1 is 1.21 bits per heavy atom. The van der Waals surface area contributed by atoms with Gasteiger partial charge >= 0.3 is 0 Å². The zero-order valence-corrected chi connectivity index (χ0v) is 13.1. The molecular formula is C17H16FN5O. The largest absolute Gasteiger partial charge is 0.352 e. The van der Waals surface area contributed by atoms with Gasteiger partial charge < -0.3 is 5.32 Å². The van der Waals surface area contributed by atoms with Gasteiger partial charge in [0, 0.05) is 12.1 Å². The predicted octanol–water partition coefficient (Wildman–Crippen LogP) is 2.08. The molecule has 122 valence electrons. The summed E-state index contributed by atoms with van der Waals surface area (Å²) in [6.45, 7) is 2.21. The maximum Gasteiger partial charge on any atom is 0.251 e. The molecule has 24 heavy (non-hydrogen) atoms. The number of halogens is 1. The van der Waals surface area contributed by atoms with Crippen molar-refractivity contribution in [3.63, 3.8) is 0 Å². The SMILES string of the molecule is Cc1nnnn1-c1cccc(C(=O)NCCc2cccc(F)c2)c1. The molecular weight excluding hydrogens is 309 g/mol. The van der Waals surface area contributed by atoms with Gasteiger partial charge in [-0.25, -0.2) is 4.39 Å². The highest BCUT2D eigenvalue weighted by atomic mass is 19.1. The molecule has 2 aromatic carbocycles. The molecule has 0 radical (unpaired) electrons. The van der Waals surface area contributed by atoms with Crippen molar-refractivity contribution in [3.05, 3.63) is 71.3 Å². The number of tetrazole rings is 1. The number of nitrogens with zero attached hydrogens (tertiary/aromatic N) is 4. The van der Waals surface area contributed by atoms with Gasteiger partial charge in [0.05, 0.1) is 5.69 Å². The summed E-state index contributed by atoms with van der Waals surface area (Å²) in [5.41, 5.74) is 2.07. The third-order valence-electron chi connectivity index (χ3n) is 3.57. The van der Waals surface area contributed by atoms with Crippen molar-refractivity contribution in [1.29, 1.82) is 0 Å². The first-order valence-electron chi connectivity index (χ1n) is 7.51. The van der Waals surface area contributed by atoms with Gasteiger partial charge in [-0.1, -0.05) is 18.2 Å². The Kier molecular flexibility index (Phi) is 4.60. The minimum atomic E-state index is -0.275. The number of hydrogen-bond donors (Lipinski definition) is 1. The Bertz CT molecular complexity index is 861. The third kappa shape index (κ3) is 3.62. The first-order chi connectivity index (χ1) is 11.6. The smallest absolute Gasteiger partial charge is 0.251 e. The fourth-order valence-electron chi connectivity index (χ4n) is 2.36. The Hall–Kier alpha value is -3.09. The van der Waals surface area contributed by atoms with E-state index in [-0.39, 0.29) is 11.7 Å². The molecule has 1 aromatic heterocycles. The molecule has 6 nitrogen and oxygen atoms in total. The van der Waals surface area contributed by atoms with Gasteiger partial charge in [-0.2, -0.15) is 4.68 Å². The van der Waals surface area contributed by atoms with Crippen molar-refractivity contribution in [2.24, 2.45) is 0 Å². The zero-order chi connectivity index (χ0) is 16.9. The van der Waals surface area contributed by atoms with E-state index in [0.717, 1.165) is 11.3 Å². The molecule has 1 N–H and O–H groups in total. The van der Waals surface area contributed by atoms with E-state index in [9.17, 15) is 9.18 Å². The second kappa shape index (κ2) is 6.99. The molecule has 7 heteroatoms. The highest BCUT2D eigenvalue weighted by Crippen LogP contribution is 2.11. The number of hydrogen-bond acceptors (Lipinski definition) is 4. The average Bonchev–Trinajstić information content (AvgIpc) is 3.01. The average molecular weight is 325 g/mol. The second-order valence-electron chi connectivity index (χ2n) is 5.32. The maximum atomic E-state index is 13.1. The van der Waals surface area contributed by atoms with Gasteiger partial charge in [0.2, 0.25) is 0 Å². The van der Waals surface area contributed by atoms with E-state index in [1.54, 1.807) is 35.9 Å². The van der Waals surface area contributed by atoms with Gasteiger partial charge in [-0.15, -0.1) is 5.10 Å². The standard InChI is InChI=1S/C17H16FN5O/c1-12-20-21-22-23(12)16-7-3-5-14(11-16)17(24)19-9-8-13-4-2-6-15(18)10-13/h2-7,10-11H,8-9H2,1H3,(H,19,24). The number of amides is 1. The van der Waals surface area contributed by atoms with Crippen molar-refractivity contribution in [2.75, 3.05) is 6.54 Å². The first-order valence-corrected chi connectivity index (χ1v) is 7.51. The van der Waals surface area contributed by atoms with Crippen molar-refractivity contribution in [2.45, 2.75) is 13.3 Å². The molecule has 0 atom stereocenters. The molecule has 0 saturated carbocycles. The Morgan fingerprint density at radius 3 is 2.79 bits per heavy atom. The van der Waals surface area contributed by atoms with Crippen molar-refractivity contribution in [3.8, 4) is 5.69 Å². The molecule has 0 aliphatic heterocycles. The van der Waals surface area contributed by atoms with Crippen molar-refractivity contribution >= 4 is 5.91 Å². The number of nitrogens with one attached hydrogen (secondary N) is 1.